The molecule has 6 nitrogen and oxygen atoms in total. The summed E-state index contributed by atoms with van der Waals surface area (Å²) in [4.78, 5) is 12.7. The van der Waals surface area contributed by atoms with Crippen LogP contribution >= 0.6 is 34.2 Å². The Labute approximate surface area is 216 Å². The summed E-state index contributed by atoms with van der Waals surface area (Å²) < 4.78 is 12.2. The van der Waals surface area contributed by atoms with Crippen LogP contribution in [-0.2, 0) is 11.4 Å². The third-order valence-corrected chi connectivity index (χ3v) is 5.92. The Balaban J connectivity index is 1.85. The molecule has 0 radical (unpaired) electrons. The number of benzene rings is 3. The van der Waals surface area contributed by atoms with E-state index in [1.54, 1.807) is 42.5 Å². The van der Waals surface area contributed by atoms with Crippen LogP contribution < -0.4 is 14.8 Å². The van der Waals surface area contributed by atoms with Gasteiger partial charge in [-0.3, -0.25) is 4.79 Å². The Hall–Kier alpha value is -3.53. The zero-order valence-electron chi connectivity index (χ0n) is 18.4. The van der Waals surface area contributed by atoms with Crippen molar-refractivity contribution in [2.75, 3.05) is 12.4 Å². The summed E-state index contributed by atoms with van der Waals surface area (Å²) in [5, 5.41) is 22.1. The molecule has 0 aliphatic rings. The van der Waals surface area contributed by atoms with Crippen molar-refractivity contribution in [2.45, 2.75) is 13.5 Å². The molecule has 1 N–H and O–H groups in total. The SMILES string of the molecule is COc1cc(/C=C(\C#N)C(=O)Nc2cc(Cl)ccc2C)cc(I)c1OCc1ccccc1C#N. The maximum absolute atomic E-state index is 12.7. The van der Waals surface area contributed by atoms with Crippen LogP contribution in [0.2, 0.25) is 5.02 Å². The van der Waals surface area contributed by atoms with Gasteiger partial charge >= 0.3 is 0 Å². The lowest BCUT2D eigenvalue weighted by Gasteiger charge is -2.14. The summed E-state index contributed by atoms with van der Waals surface area (Å²) >= 11 is 8.12. The molecule has 3 rings (SSSR count). The van der Waals surface area contributed by atoms with Crippen LogP contribution in [0.25, 0.3) is 6.08 Å². The minimum absolute atomic E-state index is 0.0751. The fourth-order valence-electron chi connectivity index (χ4n) is 3.10. The molecule has 34 heavy (non-hydrogen) atoms. The molecule has 8 heteroatoms. The predicted octanol–water partition coefficient (Wildman–Crippen LogP) is 6.26. The number of hydrogen-bond acceptors (Lipinski definition) is 5. The maximum atomic E-state index is 12.7. The van der Waals surface area contributed by atoms with Crippen LogP contribution in [0.5, 0.6) is 11.5 Å². The number of nitriles is 2. The molecule has 0 aliphatic heterocycles. The first-order valence-corrected chi connectivity index (χ1v) is 11.5. The molecule has 0 saturated heterocycles. The highest BCUT2D eigenvalue weighted by atomic mass is 127. The Morgan fingerprint density at radius 2 is 1.94 bits per heavy atom. The second-order valence-corrected chi connectivity index (χ2v) is 8.77. The first-order valence-electron chi connectivity index (χ1n) is 10.0. The van der Waals surface area contributed by atoms with E-state index in [1.807, 2.05) is 25.1 Å². The summed E-state index contributed by atoms with van der Waals surface area (Å²) in [6, 6.07) is 19.9. The second-order valence-electron chi connectivity index (χ2n) is 7.17. The lowest BCUT2D eigenvalue weighted by molar-refractivity contribution is -0.112. The average Bonchev–Trinajstić information content (AvgIpc) is 2.83. The molecule has 3 aromatic carbocycles. The number of hydrogen-bond donors (Lipinski definition) is 1. The minimum Gasteiger partial charge on any atom is -0.493 e. The maximum Gasteiger partial charge on any atom is 0.266 e. The third kappa shape index (κ3) is 6.07. The number of rotatable bonds is 7. The van der Waals surface area contributed by atoms with Gasteiger partial charge in [-0.1, -0.05) is 35.9 Å². The van der Waals surface area contributed by atoms with E-state index in [0.717, 1.165) is 14.7 Å². The van der Waals surface area contributed by atoms with Crippen LogP contribution in [0.1, 0.15) is 22.3 Å². The summed E-state index contributed by atoms with van der Waals surface area (Å²) in [6.07, 6.45) is 1.48. The van der Waals surface area contributed by atoms with E-state index in [-0.39, 0.29) is 12.2 Å². The molecule has 0 atom stereocenters. The van der Waals surface area contributed by atoms with Crippen molar-refractivity contribution in [3.63, 3.8) is 0 Å². The summed E-state index contributed by atoms with van der Waals surface area (Å²) in [7, 11) is 1.51. The lowest BCUT2D eigenvalue weighted by atomic mass is 10.1. The van der Waals surface area contributed by atoms with Gasteiger partial charge in [0.05, 0.1) is 22.3 Å². The largest absolute Gasteiger partial charge is 0.493 e. The van der Waals surface area contributed by atoms with Crippen LogP contribution in [0, 0.1) is 33.2 Å². The van der Waals surface area contributed by atoms with Gasteiger partial charge in [-0.25, -0.2) is 0 Å². The smallest absolute Gasteiger partial charge is 0.266 e. The third-order valence-electron chi connectivity index (χ3n) is 4.89. The molecule has 1 amide bonds. The molecule has 170 valence electrons. The number of halogens is 2. The highest BCUT2D eigenvalue weighted by Gasteiger charge is 2.15. The van der Waals surface area contributed by atoms with E-state index in [9.17, 15) is 15.3 Å². The van der Waals surface area contributed by atoms with Crippen LogP contribution in [0.15, 0.2) is 60.2 Å². The fraction of sp³-hybridized carbons (Fsp3) is 0.115. The van der Waals surface area contributed by atoms with Crippen LogP contribution in [0.3, 0.4) is 0 Å². The molecule has 0 aromatic heterocycles. The summed E-state index contributed by atoms with van der Waals surface area (Å²) in [5.41, 5.74) is 3.18. The molecule has 0 bridgehead atoms. The second kappa shape index (κ2) is 11.6. The highest BCUT2D eigenvalue weighted by molar-refractivity contribution is 14.1. The van der Waals surface area contributed by atoms with Crippen molar-refractivity contribution in [2.24, 2.45) is 0 Å². The minimum atomic E-state index is -0.546. The number of nitrogens with one attached hydrogen (secondary N) is 1. The average molecular weight is 584 g/mol. The molecular weight excluding hydrogens is 565 g/mol. The topological polar surface area (TPSA) is 95.1 Å². The Bertz CT molecular complexity index is 1360. The molecule has 0 aliphatic carbocycles. The van der Waals surface area contributed by atoms with Crippen molar-refractivity contribution in [1.82, 2.24) is 0 Å². The van der Waals surface area contributed by atoms with Crippen molar-refractivity contribution >= 4 is 51.9 Å². The number of ether oxygens (including phenoxy) is 2. The van der Waals surface area contributed by atoms with Gasteiger partial charge in [-0.2, -0.15) is 10.5 Å². The molecule has 0 saturated carbocycles. The Morgan fingerprint density at radius 3 is 2.65 bits per heavy atom. The first kappa shape index (κ1) is 25.1. The van der Waals surface area contributed by atoms with Crippen LogP contribution in [0.4, 0.5) is 5.69 Å². The number of anilines is 1. The monoisotopic (exact) mass is 583 g/mol. The van der Waals surface area contributed by atoms with Crippen molar-refractivity contribution in [3.05, 3.63) is 91.0 Å². The fourth-order valence-corrected chi connectivity index (χ4v) is 4.06. The lowest BCUT2D eigenvalue weighted by Crippen LogP contribution is -2.14. The van der Waals surface area contributed by atoms with E-state index in [4.69, 9.17) is 21.1 Å². The summed E-state index contributed by atoms with van der Waals surface area (Å²) in [5.74, 6) is 0.400. The number of aryl methyl sites for hydroxylation is 1. The normalized spacial score (nSPS) is 10.7. The zero-order valence-corrected chi connectivity index (χ0v) is 21.3. The predicted molar refractivity (Wildman–Crippen MR) is 140 cm³/mol. The highest BCUT2D eigenvalue weighted by Crippen LogP contribution is 2.35. The van der Waals surface area contributed by atoms with E-state index in [0.29, 0.717) is 33.3 Å². The first-order chi connectivity index (χ1) is 16.4. The molecule has 3 aromatic rings. The van der Waals surface area contributed by atoms with E-state index < -0.39 is 5.91 Å². The van der Waals surface area contributed by atoms with Crippen molar-refractivity contribution in [3.8, 4) is 23.6 Å². The number of amides is 1. The van der Waals surface area contributed by atoms with Crippen molar-refractivity contribution in [1.29, 1.82) is 10.5 Å². The van der Waals surface area contributed by atoms with Crippen molar-refractivity contribution < 1.29 is 14.3 Å². The van der Waals surface area contributed by atoms with Gasteiger partial charge in [0.2, 0.25) is 0 Å². The van der Waals surface area contributed by atoms with Gasteiger partial charge in [0.1, 0.15) is 18.2 Å². The van der Waals surface area contributed by atoms with E-state index in [2.05, 4.69) is 34.0 Å². The Morgan fingerprint density at radius 1 is 1.18 bits per heavy atom. The molecular formula is C26H19ClIN3O3. The number of carbonyl (C=O) groups excluding carboxylic acids is 1. The van der Waals surface area contributed by atoms with Gasteiger partial charge < -0.3 is 14.8 Å². The van der Waals surface area contributed by atoms with Gasteiger partial charge in [0, 0.05) is 16.3 Å². The quantitative estimate of drug-likeness (QED) is 0.201. The molecule has 0 unspecified atom stereocenters. The standard InChI is InChI=1S/C26H19ClIN3O3/c1-16-7-8-21(27)12-23(16)31-26(32)20(14-30)9-17-10-22(28)25(24(11-17)33-2)34-15-19-6-4-3-5-18(19)13-29/h3-12H,15H2,1-2H3,(H,31,32)/b20-9+. The van der Waals surface area contributed by atoms with Gasteiger partial charge in [0.15, 0.2) is 11.5 Å². The molecule has 0 spiro atoms. The number of carbonyl (C=O) groups is 1. The van der Waals surface area contributed by atoms with E-state index >= 15 is 0 Å². The zero-order chi connectivity index (χ0) is 24.7. The Kier molecular flexibility index (Phi) is 8.53. The van der Waals surface area contributed by atoms with Gasteiger partial charge in [-0.05, 0) is 77.0 Å². The number of methoxy groups -OCH3 is 1. The summed E-state index contributed by atoms with van der Waals surface area (Å²) in [6.45, 7) is 2.03. The number of nitrogens with zero attached hydrogens (tertiary/aromatic N) is 2. The van der Waals surface area contributed by atoms with E-state index in [1.165, 1.54) is 13.2 Å². The van der Waals surface area contributed by atoms with Crippen LogP contribution in [-0.4, -0.2) is 13.0 Å². The molecule has 0 fully saturated rings. The van der Waals surface area contributed by atoms with Gasteiger partial charge in [-0.15, -0.1) is 0 Å². The molecule has 0 heterocycles. The van der Waals surface area contributed by atoms with Gasteiger partial charge in [0.25, 0.3) is 5.91 Å².